The van der Waals surface area contributed by atoms with Crippen molar-refractivity contribution in [1.29, 1.82) is 0 Å². The Morgan fingerprint density at radius 1 is 1.35 bits per heavy atom. The highest BCUT2D eigenvalue weighted by atomic mass is 35.5. The second-order valence-corrected chi connectivity index (χ2v) is 4.31. The van der Waals surface area contributed by atoms with Gasteiger partial charge in [-0.2, -0.15) is 0 Å². The van der Waals surface area contributed by atoms with Gasteiger partial charge in [0.1, 0.15) is 0 Å². The number of rotatable bonds is 7. The molecule has 0 spiro atoms. The van der Waals surface area contributed by atoms with Gasteiger partial charge < -0.3 is 10.6 Å². The maximum atomic E-state index is 11.5. The van der Waals surface area contributed by atoms with Gasteiger partial charge in [-0.3, -0.25) is 4.79 Å². The van der Waals surface area contributed by atoms with Gasteiger partial charge in [0.25, 0.3) is 0 Å². The Hall–Kier alpha value is -1.06. The lowest BCUT2D eigenvalue weighted by molar-refractivity contribution is -0.120. The second-order valence-electron chi connectivity index (χ2n) is 3.90. The van der Waals surface area contributed by atoms with Crippen molar-refractivity contribution < 1.29 is 4.79 Å². The third-order valence-corrected chi connectivity index (χ3v) is 2.80. The molecule has 0 unspecified atom stereocenters. The van der Waals surface area contributed by atoms with Crippen molar-refractivity contribution in [3.63, 3.8) is 0 Å². The first-order chi connectivity index (χ1) is 8.24. The zero-order valence-corrected chi connectivity index (χ0v) is 10.9. The molecule has 0 radical (unpaired) electrons. The molecular weight excluding hydrogens is 236 g/mol. The molecule has 0 saturated heterocycles. The maximum Gasteiger partial charge on any atom is 0.234 e. The van der Waals surface area contributed by atoms with Gasteiger partial charge in [-0.05, 0) is 24.6 Å². The molecule has 1 rings (SSSR count). The zero-order chi connectivity index (χ0) is 12.5. The molecule has 0 fully saturated rings. The lowest BCUT2D eigenvalue weighted by Crippen LogP contribution is -2.33. The number of carbonyl (C=O) groups excluding carboxylic acids is 1. The normalized spacial score (nSPS) is 10.2. The Kier molecular flexibility index (Phi) is 6.67. The standard InChI is InChI=1S/C13H19ClN2O/c1-2-3-8-15-10-13(17)16-9-11-6-4-5-7-12(11)14/h4-7,15H,2-3,8-10H2,1H3,(H,16,17). The monoisotopic (exact) mass is 254 g/mol. The number of nitrogens with one attached hydrogen (secondary N) is 2. The molecule has 0 aromatic heterocycles. The van der Waals surface area contributed by atoms with Crippen LogP contribution in [-0.2, 0) is 11.3 Å². The summed E-state index contributed by atoms with van der Waals surface area (Å²) in [5, 5.41) is 6.61. The topological polar surface area (TPSA) is 41.1 Å². The van der Waals surface area contributed by atoms with E-state index in [-0.39, 0.29) is 5.91 Å². The van der Waals surface area contributed by atoms with Crippen LogP contribution in [0.15, 0.2) is 24.3 Å². The van der Waals surface area contributed by atoms with E-state index in [4.69, 9.17) is 11.6 Å². The van der Waals surface area contributed by atoms with Gasteiger partial charge in [0.05, 0.1) is 6.54 Å². The lowest BCUT2D eigenvalue weighted by Gasteiger charge is -2.07. The van der Waals surface area contributed by atoms with Gasteiger partial charge in [0, 0.05) is 11.6 Å². The Labute approximate surface area is 108 Å². The van der Waals surface area contributed by atoms with Crippen molar-refractivity contribution in [2.45, 2.75) is 26.3 Å². The summed E-state index contributed by atoms with van der Waals surface area (Å²) in [5.41, 5.74) is 0.941. The predicted molar refractivity (Wildman–Crippen MR) is 71.1 cm³/mol. The number of hydrogen-bond donors (Lipinski definition) is 2. The fourth-order valence-corrected chi connectivity index (χ4v) is 1.60. The molecule has 3 nitrogen and oxygen atoms in total. The summed E-state index contributed by atoms with van der Waals surface area (Å²) in [6.45, 7) is 3.85. The summed E-state index contributed by atoms with van der Waals surface area (Å²) in [6.07, 6.45) is 2.23. The van der Waals surface area contributed by atoms with Crippen LogP contribution < -0.4 is 10.6 Å². The third-order valence-electron chi connectivity index (χ3n) is 2.43. The largest absolute Gasteiger partial charge is 0.351 e. The van der Waals surface area contributed by atoms with Gasteiger partial charge in [0.2, 0.25) is 5.91 Å². The molecule has 4 heteroatoms. The second kappa shape index (κ2) is 8.09. The minimum atomic E-state index is 0.000947. The highest BCUT2D eigenvalue weighted by Crippen LogP contribution is 2.13. The van der Waals surface area contributed by atoms with Crippen LogP contribution >= 0.6 is 11.6 Å². The van der Waals surface area contributed by atoms with Crippen molar-refractivity contribution in [3.8, 4) is 0 Å². The Morgan fingerprint density at radius 2 is 2.12 bits per heavy atom. The van der Waals surface area contributed by atoms with Crippen LogP contribution in [-0.4, -0.2) is 19.0 Å². The summed E-state index contributed by atoms with van der Waals surface area (Å²) in [4.78, 5) is 11.5. The first kappa shape index (κ1) is 14.0. The first-order valence-electron chi connectivity index (χ1n) is 5.95. The van der Waals surface area contributed by atoms with Crippen LogP contribution in [0.3, 0.4) is 0 Å². The molecule has 2 N–H and O–H groups in total. The zero-order valence-electron chi connectivity index (χ0n) is 10.1. The fourth-order valence-electron chi connectivity index (χ4n) is 1.40. The average Bonchev–Trinajstić information content (AvgIpc) is 2.34. The van der Waals surface area contributed by atoms with Crippen LogP contribution in [0.5, 0.6) is 0 Å². The fraction of sp³-hybridized carbons (Fsp3) is 0.462. The number of amides is 1. The number of benzene rings is 1. The minimum Gasteiger partial charge on any atom is -0.351 e. The van der Waals surface area contributed by atoms with Crippen molar-refractivity contribution in [3.05, 3.63) is 34.9 Å². The highest BCUT2D eigenvalue weighted by Gasteiger charge is 2.02. The molecule has 0 bridgehead atoms. The van der Waals surface area contributed by atoms with Crippen LogP contribution in [0.25, 0.3) is 0 Å². The molecule has 1 aromatic rings. The smallest absolute Gasteiger partial charge is 0.234 e. The Morgan fingerprint density at radius 3 is 2.82 bits per heavy atom. The number of unbranched alkanes of at least 4 members (excludes halogenated alkanes) is 1. The molecule has 0 aliphatic rings. The van der Waals surface area contributed by atoms with E-state index >= 15 is 0 Å². The lowest BCUT2D eigenvalue weighted by atomic mass is 10.2. The van der Waals surface area contributed by atoms with E-state index in [2.05, 4.69) is 17.6 Å². The molecule has 1 amide bonds. The van der Waals surface area contributed by atoms with Crippen LogP contribution in [0, 0.1) is 0 Å². The van der Waals surface area contributed by atoms with Crippen molar-refractivity contribution >= 4 is 17.5 Å². The summed E-state index contributed by atoms with van der Waals surface area (Å²) >= 11 is 5.99. The van der Waals surface area contributed by atoms with Crippen LogP contribution in [0.1, 0.15) is 25.3 Å². The van der Waals surface area contributed by atoms with E-state index in [9.17, 15) is 4.79 Å². The maximum absolute atomic E-state index is 11.5. The average molecular weight is 255 g/mol. The first-order valence-corrected chi connectivity index (χ1v) is 6.32. The molecule has 0 atom stereocenters. The van der Waals surface area contributed by atoms with Crippen molar-refractivity contribution in [2.75, 3.05) is 13.1 Å². The molecule has 0 saturated carbocycles. The van der Waals surface area contributed by atoms with Crippen molar-refractivity contribution in [2.24, 2.45) is 0 Å². The minimum absolute atomic E-state index is 0.000947. The summed E-state index contributed by atoms with van der Waals surface area (Å²) < 4.78 is 0. The molecule has 0 aliphatic heterocycles. The van der Waals surface area contributed by atoms with Gasteiger partial charge in [-0.15, -0.1) is 0 Å². The summed E-state index contributed by atoms with van der Waals surface area (Å²) in [6, 6.07) is 7.52. The third kappa shape index (κ3) is 5.71. The van der Waals surface area contributed by atoms with Crippen LogP contribution in [0.4, 0.5) is 0 Å². The number of carbonyl (C=O) groups is 1. The van der Waals surface area contributed by atoms with Crippen molar-refractivity contribution in [1.82, 2.24) is 10.6 Å². The molecular formula is C13H19ClN2O. The van der Waals surface area contributed by atoms with E-state index in [1.165, 1.54) is 0 Å². The molecule has 17 heavy (non-hydrogen) atoms. The molecule has 0 aliphatic carbocycles. The van der Waals surface area contributed by atoms with E-state index in [1.54, 1.807) is 0 Å². The molecule has 1 aromatic carbocycles. The Balaban J connectivity index is 2.22. The van der Waals surface area contributed by atoms with E-state index in [0.29, 0.717) is 18.1 Å². The highest BCUT2D eigenvalue weighted by molar-refractivity contribution is 6.31. The van der Waals surface area contributed by atoms with Gasteiger partial charge in [-0.1, -0.05) is 43.1 Å². The van der Waals surface area contributed by atoms with Gasteiger partial charge in [-0.25, -0.2) is 0 Å². The van der Waals surface area contributed by atoms with E-state index < -0.39 is 0 Å². The Bertz CT molecular complexity index is 355. The van der Waals surface area contributed by atoms with E-state index in [1.807, 2.05) is 24.3 Å². The summed E-state index contributed by atoms with van der Waals surface area (Å²) in [5.74, 6) is 0.000947. The molecule has 94 valence electrons. The SMILES string of the molecule is CCCCNCC(=O)NCc1ccccc1Cl. The predicted octanol–water partition coefficient (Wildman–Crippen LogP) is 2.35. The van der Waals surface area contributed by atoms with Crippen LogP contribution in [0.2, 0.25) is 5.02 Å². The number of hydrogen-bond acceptors (Lipinski definition) is 2. The van der Waals surface area contributed by atoms with Gasteiger partial charge >= 0.3 is 0 Å². The number of halogens is 1. The molecule has 0 heterocycles. The van der Waals surface area contributed by atoms with Gasteiger partial charge in [0.15, 0.2) is 0 Å². The summed E-state index contributed by atoms with van der Waals surface area (Å²) in [7, 11) is 0. The van der Waals surface area contributed by atoms with E-state index in [0.717, 1.165) is 24.9 Å². The quantitative estimate of drug-likeness (QED) is 0.734.